The van der Waals surface area contributed by atoms with E-state index >= 15 is 0 Å². The van der Waals surface area contributed by atoms with E-state index in [0.717, 1.165) is 4.90 Å². The highest BCUT2D eigenvalue weighted by atomic mass is 16.3. The Kier molecular flexibility index (Phi) is 5.71. The molecular weight excluding hydrogens is 526 g/mol. The summed E-state index contributed by atoms with van der Waals surface area (Å²) >= 11 is 0. The molecule has 0 aliphatic heterocycles. The number of nitrogens with two attached hydrogens (primary N) is 3. The standard InChI is InChI=1S/C26H25N5O9/c1-31(2)18-17(34)13(22(28)38)20(36)24(8-27)21(37)14-16(33)12-10(19(35)25(14,29)23(39)26(18,24)30)6-5-9(15(12)32)11-4-3-7-40-11/h3-7,13-14,18-19,23,32,35,39H,29-30H2,1-2H3,(H2,28,38)/t13?,14?,18-,19+,23+,24+,25-,26+/m1/s1. The van der Waals surface area contributed by atoms with Crippen molar-refractivity contribution in [1.82, 2.24) is 4.90 Å². The van der Waals surface area contributed by atoms with Gasteiger partial charge in [0.25, 0.3) is 0 Å². The Bertz CT molecular complexity index is 1560. The van der Waals surface area contributed by atoms with Gasteiger partial charge in [0.15, 0.2) is 34.5 Å². The van der Waals surface area contributed by atoms with Gasteiger partial charge in [-0.05, 0) is 37.9 Å². The SMILES string of the molecule is CN(C)[C@@H]1C(=O)C(C(N)=O)C(=O)[C@@]2(C#N)C(=O)C3C(=O)c4c(ccc(-c5ccco5)c4O)[C@H](O)[C@@]3(N)[C@H](O)[C@@]12N. The third-order valence-corrected chi connectivity index (χ3v) is 8.59. The quantitative estimate of drug-likeness (QED) is 0.216. The molecule has 14 nitrogen and oxygen atoms in total. The number of hydrogen-bond donors (Lipinski definition) is 6. The zero-order valence-corrected chi connectivity index (χ0v) is 21.2. The fourth-order valence-electron chi connectivity index (χ4n) is 6.81. The van der Waals surface area contributed by atoms with Crippen LogP contribution >= 0.6 is 0 Å². The van der Waals surface area contributed by atoms with Crippen LogP contribution in [0.15, 0.2) is 34.9 Å². The first kappa shape index (κ1) is 27.3. The van der Waals surface area contributed by atoms with Crippen molar-refractivity contribution in [1.29, 1.82) is 5.26 Å². The van der Waals surface area contributed by atoms with E-state index in [0.29, 0.717) is 0 Å². The van der Waals surface area contributed by atoms with Gasteiger partial charge in [0, 0.05) is 0 Å². The Morgan fingerprint density at radius 3 is 2.27 bits per heavy atom. The average Bonchev–Trinajstić information content (AvgIpc) is 3.40. The molecule has 0 radical (unpaired) electrons. The molecule has 1 aromatic heterocycles. The summed E-state index contributed by atoms with van der Waals surface area (Å²) in [7, 11) is 2.57. The molecule has 208 valence electrons. The molecular formula is C26H25N5O9. The number of aliphatic hydroxyl groups is 2. The first-order valence-electron chi connectivity index (χ1n) is 12.0. The molecule has 40 heavy (non-hydrogen) atoms. The highest BCUT2D eigenvalue weighted by molar-refractivity contribution is 6.33. The first-order valence-corrected chi connectivity index (χ1v) is 12.0. The predicted molar refractivity (Wildman–Crippen MR) is 132 cm³/mol. The van der Waals surface area contributed by atoms with E-state index in [2.05, 4.69) is 0 Å². The Hall–Kier alpha value is -4.26. The van der Waals surface area contributed by atoms with Crippen molar-refractivity contribution in [3.63, 3.8) is 0 Å². The number of hydrogen-bond acceptors (Lipinski definition) is 13. The number of primary amides is 1. The molecule has 9 N–H and O–H groups in total. The van der Waals surface area contributed by atoms with Gasteiger partial charge in [-0.15, -0.1) is 0 Å². The van der Waals surface area contributed by atoms with Crippen molar-refractivity contribution in [2.45, 2.75) is 29.3 Å². The summed E-state index contributed by atoms with van der Waals surface area (Å²) in [6.45, 7) is 0. The number of aromatic hydroxyl groups is 1. The topological polar surface area (TPSA) is 264 Å². The predicted octanol–water partition coefficient (Wildman–Crippen LogP) is -2.47. The monoisotopic (exact) mass is 551 g/mol. The molecule has 3 aliphatic carbocycles. The highest BCUT2D eigenvalue weighted by Crippen LogP contribution is 2.59. The van der Waals surface area contributed by atoms with Crippen molar-refractivity contribution in [2.24, 2.45) is 34.5 Å². The fourth-order valence-corrected chi connectivity index (χ4v) is 6.81. The molecule has 14 heteroatoms. The van der Waals surface area contributed by atoms with Gasteiger partial charge in [0.1, 0.15) is 23.5 Å². The van der Waals surface area contributed by atoms with Crippen molar-refractivity contribution < 1.29 is 43.7 Å². The van der Waals surface area contributed by atoms with E-state index in [1.807, 2.05) is 0 Å². The number of nitriles is 1. The maximum atomic E-state index is 14.3. The molecule has 3 aliphatic rings. The van der Waals surface area contributed by atoms with Gasteiger partial charge in [-0.3, -0.25) is 28.9 Å². The second kappa shape index (κ2) is 8.37. The molecule has 8 atom stereocenters. The summed E-state index contributed by atoms with van der Waals surface area (Å²) in [6.07, 6.45) is -3.20. The van der Waals surface area contributed by atoms with Gasteiger partial charge in [0.05, 0.1) is 46.7 Å². The third kappa shape index (κ3) is 2.80. The van der Waals surface area contributed by atoms with Crippen LogP contribution in [0.25, 0.3) is 11.3 Å². The number of carbonyl (C=O) groups excluding carboxylic acids is 5. The molecule has 2 unspecified atom stereocenters. The summed E-state index contributed by atoms with van der Waals surface area (Å²) in [5.74, 6) is -12.2. The lowest BCUT2D eigenvalue weighted by Gasteiger charge is -2.63. The lowest BCUT2D eigenvalue weighted by Crippen LogP contribution is -2.91. The van der Waals surface area contributed by atoms with Crippen molar-refractivity contribution in [2.75, 3.05) is 14.1 Å². The van der Waals surface area contributed by atoms with Crippen molar-refractivity contribution in [3.05, 3.63) is 41.7 Å². The minimum atomic E-state index is -3.18. The van der Waals surface area contributed by atoms with Gasteiger partial charge >= 0.3 is 0 Å². The molecule has 0 spiro atoms. The Morgan fingerprint density at radius 1 is 1.10 bits per heavy atom. The Morgan fingerprint density at radius 2 is 1.75 bits per heavy atom. The van der Waals surface area contributed by atoms with Crippen LogP contribution in [0.2, 0.25) is 0 Å². The number of benzene rings is 1. The largest absolute Gasteiger partial charge is 0.506 e. The first-order chi connectivity index (χ1) is 18.6. The summed E-state index contributed by atoms with van der Waals surface area (Å²) in [4.78, 5) is 68.8. The molecule has 2 saturated carbocycles. The minimum Gasteiger partial charge on any atom is -0.506 e. The smallest absolute Gasteiger partial charge is 0.235 e. The van der Waals surface area contributed by atoms with Gasteiger partial charge in [-0.1, -0.05) is 6.07 Å². The zero-order valence-electron chi connectivity index (χ0n) is 21.2. The number of nitrogens with zero attached hydrogens (tertiary/aromatic N) is 2. The number of amides is 1. The molecule has 1 heterocycles. The van der Waals surface area contributed by atoms with E-state index in [4.69, 9.17) is 21.6 Å². The highest BCUT2D eigenvalue weighted by Gasteiger charge is 2.83. The number of ketones is 4. The molecule has 0 saturated heterocycles. The number of fused-ring (bicyclic) bond motifs is 3. The normalized spacial score (nSPS) is 37.0. The molecule has 2 aromatic rings. The molecule has 2 fully saturated rings. The maximum absolute atomic E-state index is 14.3. The average molecular weight is 552 g/mol. The number of likely N-dealkylation sites (N-methyl/N-ethyl adjacent to an activating group) is 1. The summed E-state index contributed by atoms with van der Waals surface area (Å²) in [5, 5.41) is 44.8. The summed E-state index contributed by atoms with van der Waals surface area (Å²) in [6, 6.07) is 5.18. The van der Waals surface area contributed by atoms with Gasteiger partial charge < -0.3 is 36.9 Å². The number of rotatable bonds is 3. The Labute approximate surface area is 225 Å². The van der Waals surface area contributed by atoms with E-state index in [-0.39, 0.29) is 16.9 Å². The van der Waals surface area contributed by atoms with E-state index in [1.54, 1.807) is 0 Å². The third-order valence-electron chi connectivity index (χ3n) is 8.59. The lowest BCUT2D eigenvalue weighted by molar-refractivity contribution is -0.188. The number of phenolic OH excluding ortho intramolecular Hbond substituents is 1. The van der Waals surface area contributed by atoms with Crippen LogP contribution in [0.3, 0.4) is 0 Å². The number of furan rings is 1. The van der Waals surface area contributed by atoms with E-state index in [9.17, 15) is 44.6 Å². The van der Waals surface area contributed by atoms with Crippen LogP contribution in [-0.2, 0) is 19.2 Å². The van der Waals surface area contributed by atoms with E-state index in [1.165, 1.54) is 50.7 Å². The zero-order chi connectivity index (χ0) is 29.7. The Balaban J connectivity index is 1.83. The van der Waals surface area contributed by atoms with Crippen molar-refractivity contribution >= 4 is 29.0 Å². The van der Waals surface area contributed by atoms with Crippen LogP contribution in [-0.4, -0.2) is 86.6 Å². The number of carbonyl (C=O) groups is 5. The van der Waals surface area contributed by atoms with Crippen LogP contribution in [0.4, 0.5) is 0 Å². The summed E-state index contributed by atoms with van der Waals surface area (Å²) < 4.78 is 5.28. The fraction of sp³-hybridized carbons (Fsp3) is 0.385. The van der Waals surface area contributed by atoms with Crippen LogP contribution < -0.4 is 17.2 Å². The van der Waals surface area contributed by atoms with Gasteiger partial charge in [0.2, 0.25) is 5.91 Å². The molecule has 5 rings (SSSR count). The minimum absolute atomic E-state index is 0.0154. The van der Waals surface area contributed by atoms with Crippen LogP contribution in [0.1, 0.15) is 22.0 Å². The van der Waals surface area contributed by atoms with Crippen molar-refractivity contribution in [3.8, 4) is 23.1 Å². The number of phenols is 1. The summed E-state index contributed by atoms with van der Waals surface area (Å²) in [5.41, 5.74) is 8.91. The maximum Gasteiger partial charge on any atom is 0.235 e. The van der Waals surface area contributed by atoms with Gasteiger partial charge in [-0.2, -0.15) is 5.26 Å². The van der Waals surface area contributed by atoms with Gasteiger partial charge in [-0.25, -0.2) is 0 Å². The molecule has 1 amide bonds. The van der Waals surface area contributed by atoms with Crippen LogP contribution in [0.5, 0.6) is 5.75 Å². The second-order valence-corrected chi connectivity index (χ2v) is 10.6. The second-order valence-electron chi connectivity index (χ2n) is 10.6. The molecule has 0 bridgehead atoms. The number of Topliss-reactive ketones (excluding diaryl/α,β-unsaturated/α-hetero) is 4. The lowest BCUT2D eigenvalue weighted by atomic mass is 9.41. The van der Waals surface area contributed by atoms with E-state index < -0.39 is 86.9 Å². The number of aliphatic hydroxyl groups excluding tert-OH is 2. The molecule has 1 aromatic carbocycles. The van der Waals surface area contributed by atoms with Crippen LogP contribution in [0, 0.1) is 28.6 Å².